The minimum atomic E-state index is -0.543. The van der Waals surface area contributed by atoms with Crippen LogP contribution in [0.4, 0.5) is 17.1 Å². The number of benzene rings is 2. The number of hydrogen-bond donors (Lipinski definition) is 1. The van der Waals surface area contributed by atoms with Crippen LogP contribution >= 0.6 is 0 Å². The summed E-state index contributed by atoms with van der Waals surface area (Å²) < 4.78 is 1.50. The first-order valence-corrected chi connectivity index (χ1v) is 8.29. The fourth-order valence-corrected chi connectivity index (χ4v) is 2.58. The van der Waals surface area contributed by atoms with Crippen LogP contribution < -0.4 is 10.2 Å². The molecule has 3 aromatic rings. The summed E-state index contributed by atoms with van der Waals surface area (Å²) in [7, 11) is 1.65. The highest BCUT2D eigenvalue weighted by Crippen LogP contribution is 2.25. The maximum atomic E-state index is 12.5. The number of rotatable bonds is 5. The van der Waals surface area contributed by atoms with E-state index < -0.39 is 10.8 Å². The van der Waals surface area contributed by atoms with Gasteiger partial charge in [0.25, 0.3) is 11.6 Å². The Balaban J connectivity index is 1.82. The zero-order chi connectivity index (χ0) is 20.3. The lowest BCUT2D eigenvalue weighted by Crippen LogP contribution is -2.22. The number of aromatic nitrogens is 2. The smallest absolute Gasteiger partial charge is 0.294 e. The number of amides is 2. The lowest BCUT2D eigenvalue weighted by molar-refractivity contribution is -0.384. The number of imidazole rings is 1. The van der Waals surface area contributed by atoms with E-state index in [2.05, 4.69) is 10.3 Å². The quantitative estimate of drug-likeness (QED) is 0.541. The summed E-state index contributed by atoms with van der Waals surface area (Å²) in [6, 6.07) is 10.9. The molecule has 1 aromatic heterocycles. The molecule has 0 spiro atoms. The van der Waals surface area contributed by atoms with E-state index in [1.165, 1.54) is 47.1 Å². The van der Waals surface area contributed by atoms with Gasteiger partial charge in [0.2, 0.25) is 5.91 Å². The Morgan fingerprint density at radius 1 is 1.18 bits per heavy atom. The Hall–Kier alpha value is -4.01. The number of nitrogens with zero attached hydrogens (tertiary/aromatic N) is 4. The Kier molecular flexibility index (Phi) is 5.16. The van der Waals surface area contributed by atoms with E-state index in [-0.39, 0.29) is 17.2 Å². The summed E-state index contributed by atoms with van der Waals surface area (Å²) in [6.07, 6.45) is 4.54. The van der Waals surface area contributed by atoms with Crippen molar-refractivity contribution in [1.82, 2.24) is 9.55 Å². The number of carbonyl (C=O) groups excluding carboxylic acids is 2. The van der Waals surface area contributed by atoms with Crippen LogP contribution in [0.25, 0.3) is 5.69 Å². The van der Waals surface area contributed by atoms with Crippen LogP contribution in [0.3, 0.4) is 0 Å². The number of carbonyl (C=O) groups is 2. The van der Waals surface area contributed by atoms with Gasteiger partial charge in [-0.15, -0.1) is 0 Å². The average molecular weight is 379 g/mol. The molecule has 142 valence electrons. The van der Waals surface area contributed by atoms with Crippen LogP contribution in [0.2, 0.25) is 0 Å². The Morgan fingerprint density at radius 2 is 1.89 bits per heavy atom. The zero-order valence-corrected chi connectivity index (χ0v) is 15.2. The lowest BCUT2D eigenvalue weighted by Gasteiger charge is -2.15. The Labute approximate surface area is 160 Å². The highest BCUT2D eigenvalue weighted by molar-refractivity contribution is 6.05. The predicted molar refractivity (Wildman–Crippen MR) is 104 cm³/mol. The molecule has 0 atom stereocenters. The second kappa shape index (κ2) is 7.70. The molecule has 0 aliphatic heterocycles. The van der Waals surface area contributed by atoms with E-state index in [4.69, 9.17) is 0 Å². The molecule has 0 aliphatic carbocycles. The molecule has 0 saturated carbocycles. The molecule has 0 fully saturated rings. The van der Waals surface area contributed by atoms with Crippen molar-refractivity contribution >= 4 is 28.9 Å². The van der Waals surface area contributed by atoms with Crippen LogP contribution in [0.15, 0.2) is 61.2 Å². The van der Waals surface area contributed by atoms with Crippen LogP contribution in [-0.2, 0) is 4.79 Å². The van der Waals surface area contributed by atoms with Crippen LogP contribution in [0.5, 0.6) is 0 Å². The van der Waals surface area contributed by atoms with Gasteiger partial charge in [-0.3, -0.25) is 19.7 Å². The molecule has 0 radical (unpaired) electrons. The molecular weight excluding hydrogens is 362 g/mol. The highest BCUT2D eigenvalue weighted by atomic mass is 16.6. The maximum Gasteiger partial charge on any atom is 0.294 e. The SMILES string of the molecule is CC(=O)N(C)c1ccc(NC(=O)c2ccc(-n3ccnc3)c([N+](=O)[O-])c2)cc1. The first kappa shape index (κ1) is 18.8. The molecule has 0 saturated heterocycles. The first-order chi connectivity index (χ1) is 13.4. The molecule has 0 unspecified atom stereocenters. The summed E-state index contributed by atoms with van der Waals surface area (Å²) in [5.74, 6) is -0.588. The third-order valence-electron chi connectivity index (χ3n) is 4.20. The molecule has 2 aromatic carbocycles. The van der Waals surface area contributed by atoms with Crippen molar-refractivity contribution in [3.05, 3.63) is 76.9 Å². The van der Waals surface area contributed by atoms with Crippen molar-refractivity contribution in [2.24, 2.45) is 0 Å². The minimum absolute atomic E-state index is 0.109. The fraction of sp³-hybridized carbons (Fsp3) is 0.105. The number of nitro groups is 1. The van der Waals surface area contributed by atoms with Gasteiger partial charge in [-0.25, -0.2) is 4.98 Å². The van der Waals surface area contributed by atoms with Crippen molar-refractivity contribution in [2.45, 2.75) is 6.92 Å². The molecule has 2 amide bonds. The normalized spacial score (nSPS) is 10.4. The molecule has 1 N–H and O–H groups in total. The molecule has 9 nitrogen and oxygen atoms in total. The average Bonchev–Trinajstić information content (AvgIpc) is 3.22. The van der Waals surface area contributed by atoms with E-state index in [0.29, 0.717) is 17.1 Å². The molecule has 28 heavy (non-hydrogen) atoms. The summed E-state index contributed by atoms with van der Waals surface area (Å²) >= 11 is 0. The standard InChI is InChI=1S/C19H17N5O4/c1-13(25)22(2)16-6-4-15(5-7-16)21-19(26)14-3-8-17(18(11-14)24(27)28)23-10-9-20-12-23/h3-12H,1-2H3,(H,21,26). The van der Waals surface area contributed by atoms with Crippen molar-refractivity contribution in [3.63, 3.8) is 0 Å². The number of nitrogens with one attached hydrogen (secondary N) is 1. The van der Waals surface area contributed by atoms with Gasteiger partial charge in [0.05, 0.1) is 11.3 Å². The first-order valence-electron chi connectivity index (χ1n) is 8.29. The van der Waals surface area contributed by atoms with Gasteiger partial charge in [-0.2, -0.15) is 0 Å². The molecule has 0 aliphatic rings. The van der Waals surface area contributed by atoms with E-state index in [1.807, 2.05) is 0 Å². The minimum Gasteiger partial charge on any atom is -0.322 e. The molecule has 3 rings (SSSR count). The van der Waals surface area contributed by atoms with Crippen molar-refractivity contribution < 1.29 is 14.5 Å². The van der Waals surface area contributed by atoms with Gasteiger partial charge < -0.3 is 14.8 Å². The Morgan fingerprint density at radius 3 is 2.46 bits per heavy atom. The van der Waals surface area contributed by atoms with Crippen molar-refractivity contribution in [1.29, 1.82) is 0 Å². The van der Waals surface area contributed by atoms with Crippen LogP contribution in [0.1, 0.15) is 17.3 Å². The van der Waals surface area contributed by atoms with E-state index in [1.54, 1.807) is 37.5 Å². The summed E-state index contributed by atoms with van der Waals surface area (Å²) in [5.41, 5.74) is 1.46. The predicted octanol–water partition coefficient (Wildman–Crippen LogP) is 3.02. The summed E-state index contributed by atoms with van der Waals surface area (Å²) in [4.78, 5) is 40.1. The van der Waals surface area contributed by atoms with Crippen molar-refractivity contribution in [2.75, 3.05) is 17.3 Å². The number of nitro benzene ring substituents is 1. The van der Waals surface area contributed by atoms with Crippen molar-refractivity contribution in [3.8, 4) is 5.69 Å². The molecular formula is C19H17N5O4. The van der Waals surface area contributed by atoms with Crippen LogP contribution in [0, 0.1) is 10.1 Å². The van der Waals surface area contributed by atoms with Gasteiger partial charge in [0.1, 0.15) is 5.69 Å². The topological polar surface area (TPSA) is 110 Å². The summed E-state index contributed by atoms with van der Waals surface area (Å²) in [5, 5.41) is 14.1. The van der Waals surface area contributed by atoms with Crippen LogP contribution in [-0.4, -0.2) is 33.3 Å². The van der Waals surface area contributed by atoms with Gasteiger partial charge in [-0.1, -0.05) is 0 Å². The second-order valence-electron chi connectivity index (χ2n) is 6.01. The third kappa shape index (κ3) is 3.88. The molecule has 9 heteroatoms. The largest absolute Gasteiger partial charge is 0.322 e. The van der Waals surface area contributed by atoms with E-state index in [0.717, 1.165) is 0 Å². The zero-order valence-electron chi connectivity index (χ0n) is 15.2. The Bertz CT molecular complexity index is 1030. The maximum absolute atomic E-state index is 12.5. The van der Waals surface area contributed by atoms with E-state index in [9.17, 15) is 19.7 Å². The van der Waals surface area contributed by atoms with Gasteiger partial charge in [0.15, 0.2) is 0 Å². The lowest BCUT2D eigenvalue weighted by atomic mass is 10.1. The third-order valence-corrected chi connectivity index (χ3v) is 4.20. The summed E-state index contributed by atoms with van der Waals surface area (Å²) in [6.45, 7) is 1.45. The van der Waals surface area contributed by atoms with Gasteiger partial charge in [-0.05, 0) is 36.4 Å². The highest BCUT2D eigenvalue weighted by Gasteiger charge is 2.19. The van der Waals surface area contributed by atoms with Gasteiger partial charge in [0, 0.05) is 49.4 Å². The van der Waals surface area contributed by atoms with E-state index >= 15 is 0 Å². The molecule has 0 bridgehead atoms. The molecule has 1 heterocycles. The number of anilines is 2. The fourth-order valence-electron chi connectivity index (χ4n) is 2.58. The monoisotopic (exact) mass is 379 g/mol. The van der Waals surface area contributed by atoms with Gasteiger partial charge >= 0.3 is 0 Å². The second-order valence-corrected chi connectivity index (χ2v) is 6.01. The number of hydrogen-bond acceptors (Lipinski definition) is 5.